The molecule has 2 amide bonds. The minimum atomic E-state index is -0.669. The molecule has 33 heavy (non-hydrogen) atoms. The van der Waals surface area contributed by atoms with Crippen LogP contribution in [-0.4, -0.2) is 35.0 Å². The van der Waals surface area contributed by atoms with Crippen molar-refractivity contribution in [3.05, 3.63) is 16.4 Å². The Morgan fingerprint density at radius 3 is 2.61 bits per heavy atom. The Bertz CT molecular complexity index is 918. The van der Waals surface area contributed by atoms with Crippen molar-refractivity contribution in [1.29, 1.82) is 0 Å². The SMILES string of the molecule is CCCCc1cn(C(C)(C)C)s/c1=N\C(=O)C1(C)CCC(C(=O)NC[C@H]2CCCO2)C1(C)C. The smallest absolute Gasteiger partial charge is 0.253 e. The van der Waals surface area contributed by atoms with Crippen molar-refractivity contribution >= 4 is 23.3 Å². The summed E-state index contributed by atoms with van der Waals surface area (Å²) in [6.07, 6.45) is 8.83. The fourth-order valence-electron chi connectivity index (χ4n) is 5.04. The quantitative estimate of drug-likeness (QED) is 0.612. The number of carbonyl (C=O) groups is 2. The van der Waals surface area contributed by atoms with Gasteiger partial charge in [-0.3, -0.25) is 13.5 Å². The summed E-state index contributed by atoms with van der Waals surface area (Å²) in [7, 11) is 0. The van der Waals surface area contributed by atoms with Gasteiger partial charge in [-0.25, -0.2) is 4.99 Å². The highest BCUT2D eigenvalue weighted by Gasteiger charge is 2.58. The predicted molar refractivity (Wildman–Crippen MR) is 133 cm³/mol. The van der Waals surface area contributed by atoms with E-state index in [1.807, 2.05) is 6.92 Å². The zero-order valence-electron chi connectivity index (χ0n) is 21.6. The molecule has 186 valence electrons. The van der Waals surface area contributed by atoms with E-state index in [1.54, 1.807) is 11.5 Å². The van der Waals surface area contributed by atoms with Crippen LogP contribution in [0.1, 0.15) is 92.6 Å². The molecule has 0 spiro atoms. The van der Waals surface area contributed by atoms with Crippen molar-refractivity contribution in [3.63, 3.8) is 0 Å². The van der Waals surface area contributed by atoms with Gasteiger partial charge < -0.3 is 10.1 Å². The highest BCUT2D eigenvalue weighted by molar-refractivity contribution is 7.04. The lowest BCUT2D eigenvalue weighted by Gasteiger charge is -2.38. The molecular formula is C26H43N3O3S. The van der Waals surface area contributed by atoms with Gasteiger partial charge in [0.2, 0.25) is 5.91 Å². The summed E-state index contributed by atoms with van der Waals surface area (Å²) >= 11 is 1.57. The van der Waals surface area contributed by atoms with Crippen LogP contribution >= 0.6 is 11.5 Å². The molecule has 1 N–H and O–H groups in total. The van der Waals surface area contributed by atoms with Crippen molar-refractivity contribution in [3.8, 4) is 0 Å². The Kier molecular flexibility index (Phi) is 7.94. The predicted octanol–water partition coefficient (Wildman–Crippen LogP) is 4.81. The van der Waals surface area contributed by atoms with Crippen LogP contribution in [0.25, 0.3) is 0 Å². The average Bonchev–Trinajstić information content (AvgIpc) is 3.44. The lowest BCUT2D eigenvalue weighted by molar-refractivity contribution is -0.136. The van der Waals surface area contributed by atoms with E-state index >= 15 is 0 Å². The zero-order chi connectivity index (χ0) is 24.4. The second-order valence-corrected chi connectivity index (χ2v) is 12.6. The first kappa shape index (κ1) is 26.1. The van der Waals surface area contributed by atoms with Crippen LogP contribution in [-0.2, 0) is 26.3 Å². The second-order valence-electron chi connectivity index (χ2n) is 11.6. The third-order valence-electron chi connectivity index (χ3n) is 7.94. The van der Waals surface area contributed by atoms with Gasteiger partial charge in [-0.1, -0.05) is 34.1 Å². The summed E-state index contributed by atoms with van der Waals surface area (Å²) in [4.78, 5) is 31.4. The number of amides is 2. The Morgan fingerprint density at radius 2 is 2.00 bits per heavy atom. The number of aryl methyl sites for hydroxylation is 1. The summed E-state index contributed by atoms with van der Waals surface area (Å²) < 4.78 is 8.67. The first-order valence-electron chi connectivity index (χ1n) is 12.6. The van der Waals surface area contributed by atoms with E-state index in [1.165, 1.54) is 0 Å². The topological polar surface area (TPSA) is 72.7 Å². The number of hydrogen-bond donors (Lipinski definition) is 1. The molecule has 0 aromatic carbocycles. The number of aromatic nitrogens is 1. The molecule has 7 heteroatoms. The lowest BCUT2D eigenvalue weighted by atomic mass is 9.65. The molecular weight excluding hydrogens is 434 g/mol. The Morgan fingerprint density at radius 1 is 1.27 bits per heavy atom. The molecule has 2 heterocycles. The van der Waals surface area contributed by atoms with E-state index in [0.29, 0.717) is 19.4 Å². The molecule has 3 atom stereocenters. The van der Waals surface area contributed by atoms with E-state index in [0.717, 1.165) is 48.9 Å². The Labute approximate surface area is 203 Å². The van der Waals surface area contributed by atoms with E-state index in [4.69, 9.17) is 9.73 Å². The van der Waals surface area contributed by atoms with Crippen LogP contribution in [0.15, 0.2) is 11.2 Å². The van der Waals surface area contributed by atoms with E-state index in [-0.39, 0.29) is 29.4 Å². The zero-order valence-corrected chi connectivity index (χ0v) is 22.4. The molecule has 0 bridgehead atoms. The summed E-state index contributed by atoms with van der Waals surface area (Å²) in [5, 5.41) is 3.09. The number of carbonyl (C=O) groups excluding carboxylic acids is 2. The standard InChI is InChI=1S/C26H43N3O3S/c1-8-9-11-18-17-29(24(2,3)4)33-22(18)28-23(31)26(7)14-13-20(25(26,5)6)21(30)27-16-19-12-10-15-32-19/h17,19-20H,8-16H2,1-7H3,(H,27,30)/b28-22-/t19-,20?,26?/m1/s1. The summed E-state index contributed by atoms with van der Waals surface area (Å²) in [6.45, 7) is 16.1. The normalized spacial score (nSPS) is 27.8. The molecule has 1 saturated carbocycles. The van der Waals surface area contributed by atoms with Crippen LogP contribution in [0, 0.1) is 16.7 Å². The number of nitrogens with one attached hydrogen (secondary N) is 1. The van der Waals surface area contributed by atoms with Crippen molar-refractivity contribution in [2.45, 2.75) is 105 Å². The van der Waals surface area contributed by atoms with Crippen LogP contribution in [0.4, 0.5) is 0 Å². The van der Waals surface area contributed by atoms with Crippen molar-refractivity contribution in [1.82, 2.24) is 9.27 Å². The van der Waals surface area contributed by atoms with E-state index in [2.05, 4.69) is 57.0 Å². The molecule has 2 aliphatic rings. The molecule has 2 fully saturated rings. The summed E-state index contributed by atoms with van der Waals surface area (Å²) in [5.41, 5.74) is -0.0482. The van der Waals surface area contributed by atoms with Gasteiger partial charge in [0.15, 0.2) is 0 Å². The number of hydrogen-bond acceptors (Lipinski definition) is 4. The van der Waals surface area contributed by atoms with Crippen LogP contribution in [0.5, 0.6) is 0 Å². The van der Waals surface area contributed by atoms with Gasteiger partial charge in [0.1, 0.15) is 4.67 Å². The molecule has 3 rings (SSSR count). The van der Waals surface area contributed by atoms with E-state index < -0.39 is 10.8 Å². The molecule has 1 aliphatic heterocycles. The minimum Gasteiger partial charge on any atom is -0.376 e. The molecule has 0 radical (unpaired) electrons. The van der Waals surface area contributed by atoms with Gasteiger partial charge in [0, 0.05) is 36.4 Å². The number of unbranched alkanes of at least 4 members (excludes halogenated alkanes) is 1. The highest BCUT2D eigenvalue weighted by atomic mass is 32.1. The molecule has 1 saturated heterocycles. The lowest BCUT2D eigenvalue weighted by Crippen LogP contribution is -2.46. The first-order valence-corrected chi connectivity index (χ1v) is 13.4. The fourth-order valence-corrected chi connectivity index (χ4v) is 6.07. The van der Waals surface area contributed by atoms with E-state index in [9.17, 15) is 9.59 Å². The second kappa shape index (κ2) is 10.0. The monoisotopic (exact) mass is 477 g/mol. The van der Waals surface area contributed by atoms with Crippen molar-refractivity contribution in [2.24, 2.45) is 21.7 Å². The van der Waals surface area contributed by atoms with Crippen LogP contribution < -0.4 is 9.99 Å². The molecule has 2 unspecified atom stereocenters. The minimum absolute atomic E-state index is 0.0392. The summed E-state index contributed by atoms with van der Waals surface area (Å²) in [6, 6.07) is 0. The van der Waals surface area contributed by atoms with Gasteiger partial charge >= 0.3 is 0 Å². The Balaban J connectivity index is 1.82. The van der Waals surface area contributed by atoms with Crippen molar-refractivity contribution < 1.29 is 14.3 Å². The fraction of sp³-hybridized carbons (Fsp3) is 0.808. The number of nitrogens with zero attached hydrogens (tertiary/aromatic N) is 2. The average molecular weight is 478 g/mol. The summed E-state index contributed by atoms with van der Waals surface area (Å²) in [5.74, 6) is -0.259. The Hall–Kier alpha value is -1.47. The maximum atomic E-state index is 13.7. The van der Waals surface area contributed by atoms with Gasteiger partial charge in [-0.2, -0.15) is 0 Å². The van der Waals surface area contributed by atoms with Gasteiger partial charge in [-0.15, -0.1) is 0 Å². The maximum Gasteiger partial charge on any atom is 0.253 e. The third-order valence-corrected chi connectivity index (χ3v) is 9.32. The molecule has 6 nitrogen and oxygen atoms in total. The van der Waals surface area contributed by atoms with Gasteiger partial charge in [0.25, 0.3) is 5.91 Å². The van der Waals surface area contributed by atoms with Crippen LogP contribution in [0.3, 0.4) is 0 Å². The molecule has 1 aromatic rings. The van der Waals surface area contributed by atoms with Crippen molar-refractivity contribution in [2.75, 3.05) is 13.2 Å². The largest absolute Gasteiger partial charge is 0.376 e. The first-order chi connectivity index (χ1) is 15.4. The molecule has 1 aromatic heterocycles. The number of rotatable bonds is 7. The highest BCUT2D eigenvalue weighted by Crippen LogP contribution is 2.56. The van der Waals surface area contributed by atoms with Gasteiger partial charge in [0.05, 0.1) is 11.5 Å². The molecule has 1 aliphatic carbocycles. The maximum absolute atomic E-state index is 13.7. The van der Waals surface area contributed by atoms with Crippen LogP contribution in [0.2, 0.25) is 0 Å². The van der Waals surface area contributed by atoms with Gasteiger partial charge in [-0.05, 0) is 76.2 Å². The third kappa shape index (κ3) is 5.45. The number of ether oxygens (including phenoxy) is 1.